The third-order valence-electron chi connectivity index (χ3n) is 5.87. The molecule has 0 saturated carbocycles. The van der Waals surface area contributed by atoms with Crippen LogP contribution in [-0.4, -0.2) is 36.2 Å². The van der Waals surface area contributed by atoms with Crippen LogP contribution in [0.1, 0.15) is 24.5 Å². The van der Waals surface area contributed by atoms with Gasteiger partial charge >= 0.3 is 0 Å². The number of nitrogens with zero attached hydrogens (tertiary/aromatic N) is 2. The van der Waals surface area contributed by atoms with Crippen LogP contribution >= 0.6 is 0 Å². The van der Waals surface area contributed by atoms with Gasteiger partial charge in [-0.25, -0.2) is 4.98 Å². The molecule has 2 aromatic heterocycles. The average molecular weight is 460 g/mol. The summed E-state index contributed by atoms with van der Waals surface area (Å²) >= 11 is 0. The number of hydrogen-bond acceptors (Lipinski definition) is 5. The number of methoxy groups -OCH3 is 2. The Hall–Kier alpha value is -4.00. The van der Waals surface area contributed by atoms with E-state index < -0.39 is 0 Å². The summed E-state index contributed by atoms with van der Waals surface area (Å²) in [7, 11) is 3.28. The molecule has 1 N–H and O–H groups in total. The van der Waals surface area contributed by atoms with Crippen molar-refractivity contribution in [1.82, 2.24) is 14.9 Å². The molecular formula is C27H29N3O4. The first-order valence-corrected chi connectivity index (χ1v) is 11.2. The molecule has 0 radical (unpaired) electrons. The van der Waals surface area contributed by atoms with Crippen LogP contribution in [0.3, 0.4) is 0 Å². The topological polar surface area (TPSA) is 78.5 Å². The van der Waals surface area contributed by atoms with E-state index in [1.807, 2.05) is 54.9 Å². The van der Waals surface area contributed by atoms with Gasteiger partial charge in [-0.15, -0.1) is 0 Å². The Morgan fingerprint density at radius 2 is 2.03 bits per heavy atom. The van der Waals surface area contributed by atoms with Crippen LogP contribution in [0.2, 0.25) is 0 Å². The minimum Gasteiger partial charge on any atom is -0.496 e. The zero-order valence-corrected chi connectivity index (χ0v) is 19.9. The molecule has 7 heteroatoms. The van der Waals surface area contributed by atoms with Crippen LogP contribution in [0.5, 0.6) is 11.5 Å². The van der Waals surface area contributed by atoms with Crippen molar-refractivity contribution >= 4 is 22.4 Å². The molecule has 0 aliphatic carbocycles. The molecule has 0 atom stereocenters. The van der Waals surface area contributed by atoms with Gasteiger partial charge < -0.3 is 23.8 Å². The van der Waals surface area contributed by atoms with E-state index in [-0.39, 0.29) is 5.91 Å². The summed E-state index contributed by atoms with van der Waals surface area (Å²) in [5.41, 5.74) is 5.15. The van der Waals surface area contributed by atoms with Crippen molar-refractivity contribution in [2.45, 2.75) is 26.8 Å². The lowest BCUT2D eigenvalue weighted by atomic mass is 9.96. The maximum absolute atomic E-state index is 12.6. The predicted octanol–water partition coefficient (Wildman–Crippen LogP) is 5.23. The number of furan rings is 1. The summed E-state index contributed by atoms with van der Waals surface area (Å²) in [4.78, 5) is 16.6. The normalized spacial score (nSPS) is 11.6. The third kappa shape index (κ3) is 4.69. The van der Waals surface area contributed by atoms with E-state index in [9.17, 15) is 4.79 Å². The predicted molar refractivity (Wildman–Crippen MR) is 133 cm³/mol. The van der Waals surface area contributed by atoms with E-state index >= 15 is 0 Å². The summed E-state index contributed by atoms with van der Waals surface area (Å²) in [6.07, 6.45) is 9.60. The molecular weight excluding hydrogens is 430 g/mol. The quantitative estimate of drug-likeness (QED) is 0.274. The molecule has 0 aliphatic heterocycles. The second-order valence-corrected chi connectivity index (χ2v) is 8.08. The Bertz CT molecular complexity index is 1320. The van der Waals surface area contributed by atoms with Gasteiger partial charge in [0.1, 0.15) is 17.1 Å². The van der Waals surface area contributed by atoms with Gasteiger partial charge in [-0.2, -0.15) is 0 Å². The molecule has 176 valence electrons. The number of fused-ring (bicyclic) bond motifs is 1. The van der Waals surface area contributed by atoms with E-state index in [4.69, 9.17) is 13.9 Å². The van der Waals surface area contributed by atoms with E-state index in [2.05, 4.69) is 10.3 Å². The lowest BCUT2D eigenvalue weighted by molar-refractivity contribution is -0.116. The maximum atomic E-state index is 12.6. The van der Waals surface area contributed by atoms with Gasteiger partial charge in [0.15, 0.2) is 0 Å². The minimum atomic E-state index is -0.139. The fourth-order valence-electron chi connectivity index (χ4n) is 4.17. The summed E-state index contributed by atoms with van der Waals surface area (Å²) in [5.74, 6) is 1.32. The van der Waals surface area contributed by atoms with Crippen molar-refractivity contribution in [3.05, 3.63) is 72.5 Å². The van der Waals surface area contributed by atoms with E-state index in [1.165, 1.54) is 0 Å². The summed E-state index contributed by atoms with van der Waals surface area (Å²) < 4.78 is 19.2. The van der Waals surface area contributed by atoms with Crippen molar-refractivity contribution in [1.29, 1.82) is 0 Å². The molecule has 34 heavy (non-hydrogen) atoms. The van der Waals surface area contributed by atoms with Crippen LogP contribution in [0.15, 0.2) is 65.8 Å². The molecule has 7 nitrogen and oxygen atoms in total. The smallest absolute Gasteiger partial charge is 0.244 e. The molecule has 0 spiro atoms. The van der Waals surface area contributed by atoms with Gasteiger partial charge in [0.2, 0.25) is 5.91 Å². The molecule has 0 bridgehead atoms. The van der Waals surface area contributed by atoms with Crippen molar-refractivity contribution in [2.24, 2.45) is 0 Å². The third-order valence-corrected chi connectivity index (χ3v) is 5.87. The van der Waals surface area contributed by atoms with Crippen LogP contribution < -0.4 is 14.8 Å². The van der Waals surface area contributed by atoms with Crippen molar-refractivity contribution in [3.8, 4) is 22.6 Å². The Morgan fingerprint density at radius 3 is 2.76 bits per heavy atom. The number of benzene rings is 2. The zero-order chi connectivity index (χ0) is 24.1. The second-order valence-electron chi connectivity index (χ2n) is 8.08. The number of imidazole rings is 1. The molecule has 2 aromatic carbocycles. The number of aryl methyl sites for hydroxylation is 2. The van der Waals surface area contributed by atoms with E-state index in [1.54, 1.807) is 39.1 Å². The highest BCUT2D eigenvalue weighted by atomic mass is 16.5. The Morgan fingerprint density at radius 1 is 1.21 bits per heavy atom. The Labute approximate surface area is 199 Å². The first-order chi connectivity index (χ1) is 16.5. The summed E-state index contributed by atoms with van der Waals surface area (Å²) in [5, 5.41) is 3.89. The Kier molecular flexibility index (Phi) is 7.01. The Balaban J connectivity index is 1.62. The number of rotatable bonds is 9. The van der Waals surface area contributed by atoms with Crippen molar-refractivity contribution in [3.63, 3.8) is 0 Å². The van der Waals surface area contributed by atoms with E-state index in [0.717, 1.165) is 57.5 Å². The highest BCUT2D eigenvalue weighted by Crippen LogP contribution is 2.42. The lowest BCUT2D eigenvalue weighted by Gasteiger charge is -2.14. The molecule has 2 heterocycles. The van der Waals surface area contributed by atoms with Crippen LogP contribution in [0, 0.1) is 6.92 Å². The number of ether oxygens (including phenoxy) is 2. The van der Waals surface area contributed by atoms with Gasteiger partial charge in [0.25, 0.3) is 0 Å². The molecule has 1 amide bonds. The molecule has 0 unspecified atom stereocenters. The lowest BCUT2D eigenvalue weighted by Crippen LogP contribution is -2.23. The minimum absolute atomic E-state index is 0.139. The summed E-state index contributed by atoms with van der Waals surface area (Å²) in [6.45, 7) is 5.26. The van der Waals surface area contributed by atoms with Gasteiger partial charge in [0.05, 0.1) is 26.8 Å². The van der Waals surface area contributed by atoms with Crippen LogP contribution in [0.4, 0.5) is 0 Å². The number of carbonyl (C=O) groups excluding carboxylic acids is 1. The van der Waals surface area contributed by atoms with E-state index in [0.29, 0.717) is 12.3 Å². The largest absolute Gasteiger partial charge is 0.496 e. The number of amides is 1. The molecule has 0 aliphatic rings. The van der Waals surface area contributed by atoms with Crippen molar-refractivity contribution in [2.75, 3.05) is 20.8 Å². The van der Waals surface area contributed by atoms with Crippen LogP contribution in [-0.2, 0) is 11.3 Å². The molecule has 0 saturated heterocycles. The fourth-order valence-corrected chi connectivity index (χ4v) is 4.17. The first-order valence-electron chi connectivity index (χ1n) is 11.2. The number of carbonyl (C=O) groups is 1. The number of allylic oxidation sites excluding steroid dienone is 1. The number of para-hydroxylation sites is 1. The number of nitrogens with one attached hydrogen (secondary N) is 1. The highest BCUT2D eigenvalue weighted by molar-refractivity contribution is 6.02. The van der Waals surface area contributed by atoms with Gasteiger partial charge in [-0.05, 0) is 38.0 Å². The number of hydrogen-bond donors (Lipinski definition) is 1. The van der Waals surface area contributed by atoms with Gasteiger partial charge in [-0.1, -0.05) is 18.2 Å². The first kappa shape index (κ1) is 23.2. The van der Waals surface area contributed by atoms with Gasteiger partial charge in [0, 0.05) is 59.2 Å². The fraction of sp³-hybridized carbons (Fsp3) is 0.259. The van der Waals surface area contributed by atoms with Gasteiger partial charge in [-0.3, -0.25) is 4.79 Å². The second kappa shape index (κ2) is 10.3. The maximum Gasteiger partial charge on any atom is 0.244 e. The SMILES string of the molecule is COc1ccccc1-c1coc2c(C)c(OC)c(/C(C)=C/C(=O)NCCCn3ccnc3)cc12. The standard InChI is InChI=1S/C27H29N3O4/c1-18(14-25(31)29-10-7-12-30-13-11-28-17-30)21-15-22-23(20-8-5-6-9-24(20)32-3)16-34-27(22)19(2)26(21)33-4/h5-6,8-9,11,13-17H,7,10,12H2,1-4H3,(H,29,31)/b18-14+. The monoisotopic (exact) mass is 459 g/mol. The zero-order valence-electron chi connectivity index (χ0n) is 19.9. The average Bonchev–Trinajstić information content (AvgIpc) is 3.52. The van der Waals surface area contributed by atoms with Crippen molar-refractivity contribution < 1.29 is 18.7 Å². The molecule has 4 rings (SSSR count). The summed E-state index contributed by atoms with van der Waals surface area (Å²) in [6, 6.07) is 9.85. The molecule has 0 fully saturated rings. The number of aromatic nitrogens is 2. The molecule has 4 aromatic rings. The highest BCUT2D eigenvalue weighted by Gasteiger charge is 2.20. The van der Waals surface area contributed by atoms with Crippen LogP contribution in [0.25, 0.3) is 27.7 Å².